The molecule has 1 heterocycles. The number of hydrogen-bond donors (Lipinski definition) is 0. The number of likely N-dealkylation sites (N-methyl/N-ethyl adjacent to an activating group) is 3. The van der Waals surface area contributed by atoms with Gasteiger partial charge in [0.25, 0.3) is 17.1 Å². The zero-order valence-corrected chi connectivity index (χ0v) is 35.7. The van der Waals surface area contributed by atoms with Gasteiger partial charge in [0.15, 0.2) is 0 Å². The summed E-state index contributed by atoms with van der Waals surface area (Å²) in [6.45, 7) is 17.8. The van der Waals surface area contributed by atoms with Gasteiger partial charge in [0, 0.05) is 53.1 Å². The van der Waals surface area contributed by atoms with Gasteiger partial charge in [-0.2, -0.15) is 0 Å². The van der Waals surface area contributed by atoms with Crippen LogP contribution in [0.25, 0.3) is 0 Å². The summed E-state index contributed by atoms with van der Waals surface area (Å²) >= 11 is 0. The van der Waals surface area contributed by atoms with Crippen LogP contribution < -0.4 is 17.1 Å². The van der Waals surface area contributed by atoms with Crippen molar-refractivity contribution in [2.45, 2.75) is 80.8 Å². The van der Waals surface area contributed by atoms with E-state index in [1.165, 1.54) is 36.4 Å². The average Bonchev–Trinajstić information content (AvgIpc) is 3.25. The summed E-state index contributed by atoms with van der Waals surface area (Å²) in [7, 11) is 0. The molecule has 60 heavy (non-hydrogen) atoms. The number of quaternary nitrogens is 3. The highest BCUT2D eigenvalue weighted by atomic mass is 16.6. The maximum absolute atomic E-state index is 14.4. The van der Waals surface area contributed by atoms with Crippen molar-refractivity contribution in [3.8, 4) is 0 Å². The van der Waals surface area contributed by atoms with E-state index in [-0.39, 0.29) is 36.7 Å². The predicted molar refractivity (Wildman–Crippen MR) is 228 cm³/mol. The van der Waals surface area contributed by atoms with Crippen molar-refractivity contribution in [2.75, 3.05) is 58.9 Å². The molecule has 18 heteroatoms. The summed E-state index contributed by atoms with van der Waals surface area (Å²) in [5, 5.41) is 34.6. The van der Waals surface area contributed by atoms with Crippen molar-refractivity contribution in [2.24, 2.45) is 0 Å². The van der Waals surface area contributed by atoms with Crippen LogP contribution in [-0.2, 0) is 39.3 Å². The van der Waals surface area contributed by atoms with Crippen LogP contribution in [0.4, 0.5) is 17.1 Å². The minimum absolute atomic E-state index is 0.0149. The summed E-state index contributed by atoms with van der Waals surface area (Å²) < 4.78 is 4.63. The Morgan fingerprint density at radius 3 is 0.867 bits per heavy atom. The van der Waals surface area contributed by atoms with Gasteiger partial charge in [-0.1, -0.05) is 36.4 Å². The van der Waals surface area contributed by atoms with E-state index in [1.807, 2.05) is 59.7 Å². The number of non-ortho nitro benzene ring substituents is 3. The van der Waals surface area contributed by atoms with Crippen LogP contribution in [0, 0.1) is 30.3 Å². The van der Waals surface area contributed by atoms with Crippen molar-refractivity contribution in [3.63, 3.8) is 0 Å². The molecule has 0 bridgehead atoms. The van der Waals surface area contributed by atoms with Gasteiger partial charge in [0.1, 0.15) is 19.6 Å². The van der Waals surface area contributed by atoms with E-state index in [0.29, 0.717) is 92.0 Å². The van der Waals surface area contributed by atoms with Gasteiger partial charge in [-0.05, 0) is 41.5 Å². The van der Waals surface area contributed by atoms with Gasteiger partial charge in [0.2, 0.25) is 0 Å². The fraction of sp³-hybridized carbons (Fsp3) is 0.500. The molecule has 0 aliphatic rings. The first-order valence-electron chi connectivity index (χ1n) is 20.7. The number of nitro benzene ring substituents is 3. The molecule has 324 valence electrons. The quantitative estimate of drug-likeness (QED) is 0.0526. The molecule has 0 unspecified atom stereocenters. The number of benzene rings is 3. The van der Waals surface area contributed by atoms with Gasteiger partial charge >= 0.3 is 17.1 Å². The van der Waals surface area contributed by atoms with Gasteiger partial charge in [-0.3, -0.25) is 30.3 Å². The molecular weight excluding hydrogens is 775 g/mol. The van der Waals surface area contributed by atoms with Crippen LogP contribution in [0.5, 0.6) is 0 Å². The van der Waals surface area contributed by atoms with E-state index in [1.54, 1.807) is 18.2 Å². The second-order valence-electron chi connectivity index (χ2n) is 15.7. The van der Waals surface area contributed by atoms with E-state index in [4.69, 9.17) is 0 Å². The summed E-state index contributed by atoms with van der Waals surface area (Å²) in [6.07, 6.45) is 0. The Kier molecular flexibility index (Phi) is 15.9. The van der Waals surface area contributed by atoms with Crippen molar-refractivity contribution in [1.29, 1.82) is 0 Å². The smallest absolute Gasteiger partial charge is 0.319 e. The topological polar surface area (TPSA) is 195 Å². The Bertz CT molecular complexity index is 2040. The molecule has 0 saturated carbocycles. The highest BCUT2D eigenvalue weighted by Gasteiger charge is 2.31. The zero-order chi connectivity index (χ0) is 44.3. The van der Waals surface area contributed by atoms with Crippen LogP contribution in [0.15, 0.2) is 87.2 Å². The van der Waals surface area contributed by atoms with Crippen LogP contribution in [0.3, 0.4) is 0 Å². The second-order valence-corrected chi connectivity index (χ2v) is 15.7. The Morgan fingerprint density at radius 1 is 0.433 bits per heavy atom. The number of hydrogen-bond acceptors (Lipinski definition) is 9. The summed E-state index contributed by atoms with van der Waals surface area (Å²) in [4.78, 5) is 76.6. The minimum atomic E-state index is -0.731. The fourth-order valence-electron chi connectivity index (χ4n) is 8.19. The van der Waals surface area contributed by atoms with E-state index in [2.05, 4.69) is 0 Å². The predicted octanol–water partition coefficient (Wildman–Crippen LogP) is 5.07. The monoisotopic (exact) mass is 834 g/mol. The first-order chi connectivity index (χ1) is 28.5. The first-order valence-corrected chi connectivity index (χ1v) is 20.7. The van der Waals surface area contributed by atoms with Gasteiger partial charge in [-0.25, -0.2) is 28.1 Å². The van der Waals surface area contributed by atoms with E-state index >= 15 is 0 Å². The largest absolute Gasteiger partial charge is 0.336 e. The molecule has 1 aromatic heterocycles. The molecule has 0 aliphatic heterocycles. The zero-order valence-electron chi connectivity index (χ0n) is 35.7. The number of rotatable bonds is 24. The van der Waals surface area contributed by atoms with Gasteiger partial charge in [0.05, 0.1) is 93.3 Å². The van der Waals surface area contributed by atoms with Gasteiger partial charge < -0.3 is 13.4 Å². The lowest BCUT2D eigenvalue weighted by atomic mass is 10.1. The average molecular weight is 835 g/mol. The molecule has 0 spiro atoms. The van der Waals surface area contributed by atoms with Crippen LogP contribution in [-0.4, -0.2) is 101 Å². The van der Waals surface area contributed by atoms with E-state index < -0.39 is 31.8 Å². The maximum atomic E-state index is 14.4. The minimum Gasteiger partial charge on any atom is -0.319 e. The first kappa shape index (κ1) is 46.8. The van der Waals surface area contributed by atoms with E-state index in [0.717, 1.165) is 30.4 Å². The lowest BCUT2D eigenvalue weighted by molar-refractivity contribution is -0.938. The van der Waals surface area contributed by atoms with Crippen molar-refractivity contribution in [1.82, 2.24) is 13.7 Å². The second kappa shape index (κ2) is 20.4. The van der Waals surface area contributed by atoms with Crippen LogP contribution >= 0.6 is 0 Å². The molecule has 18 nitrogen and oxygen atoms in total. The van der Waals surface area contributed by atoms with Crippen LogP contribution in [0.1, 0.15) is 58.2 Å². The van der Waals surface area contributed by atoms with Crippen molar-refractivity contribution >= 4 is 17.1 Å². The normalized spacial score (nSPS) is 12.1. The maximum Gasteiger partial charge on any atom is 0.336 e. The van der Waals surface area contributed by atoms with E-state index in [9.17, 15) is 44.7 Å². The molecule has 0 N–H and O–H groups in total. The molecule has 4 rings (SSSR count). The third kappa shape index (κ3) is 11.0. The highest BCUT2D eigenvalue weighted by Crippen LogP contribution is 2.22. The van der Waals surface area contributed by atoms with Crippen molar-refractivity contribution in [3.05, 3.63) is 151 Å². The Balaban J connectivity index is 1.78. The molecule has 4 aromatic rings. The fourth-order valence-corrected chi connectivity index (χ4v) is 8.19. The molecule has 0 atom stereocenters. The molecule has 0 aliphatic carbocycles. The Hall–Kier alpha value is -5.85. The molecule has 0 fully saturated rings. The Labute approximate surface area is 349 Å². The number of aromatic nitrogens is 3. The number of nitro groups is 3. The molecular formula is C42H60N9O9+3. The lowest BCUT2D eigenvalue weighted by Gasteiger charge is -2.38. The SMILES string of the molecule is CC[N+](CC)(CCn1c(=O)n(CC[N+](CC)(CC)Cc2cccc([N+](=O)[O-])c2)c(=O)n(CC[N+](CC)(CC)Cc2cccc([N+](=O)[O-])c2)c1=O)Cc1cccc([N+](=O)[O-])c1. The van der Waals surface area contributed by atoms with Crippen molar-refractivity contribution < 1.29 is 28.2 Å². The number of nitrogens with zero attached hydrogens (tertiary/aromatic N) is 9. The summed E-state index contributed by atoms with van der Waals surface area (Å²) in [6, 6.07) is 19.3. The molecule has 3 aromatic carbocycles. The molecule has 0 saturated heterocycles. The Morgan fingerprint density at radius 2 is 0.667 bits per heavy atom. The van der Waals surface area contributed by atoms with Crippen LogP contribution in [0.2, 0.25) is 0 Å². The molecule has 0 amide bonds. The molecule has 0 radical (unpaired) electrons. The standard InChI is InChI=1S/C42H60N9O9/c1-7-49(8-2,31-34-16-13-19-37(28-34)46(55)56)25-22-43-40(52)44(23-26-50(9-3,10-4)32-35-17-14-20-38(29-35)47(57)58)42(54)45(41(43)53)24-27-51(11-5,12-6)33-36-18-15-21-39(30-36)48(59)60/h13-21,28-30H,7-12,22-27,31-33H2,1-6H3/q+3. The summed E-state index contributed by atoms with van der Waals surface area (Å²) in [5.74, 6) is 0. The third-order valence-electron chi connectivity index (χ3n) is 12.7. The third-order valence-corrected chi connectivity index (χ3v) is 12.7. The summed E-state index contributed by atoms with van der Waals surface area (Å²) in [5.41, 5.74) is -0.0285. The highest BCUT2D eigenvalue weighted by molar-refractivity contribution is 5.35. The lowest BCUT2D eigenvalue weighted by Crippen LogP contribution is -2.59. The van der Waals surface area contributed by atoms with Gasteiger partial charge in [-0.15, -0.1) is 0 Å².